The molecule has 4 rings (SSSR count). The highest BCUT2D eigenvalue weighted by molar-refractivity contribution is 6.42. The molecule has 3 aromatic carbocycles. The van der Waals surface area contributed by atoms with E-state index in [2.05, 4.69) is 4.98 Å². The molecule has 0 fully saturated rings. The number of fused-ring (bicyclic) bond motifs is 1. The van der Waals surface area contributed by atoms with Crippen molar-refractivity contribution < 1.29 is 9.59 Å². The zero-order valence-corrected chi connectivity index (χ0v) is 21.6. The average molecular weight is 569 g/mol. The van der Waals surface area contributed by atoms with Gasteiger partial charge in [0.15, 0.2) is 12.4 Å². The quantitative estimate of drug-likeness (QED) is 0.264. The summed E-state index contributed by atoms with van der Waals surface area (Å²) in [5, 5.41) is 22.1. The number of amides is 2. The lowest BCUT2D eigenvalue weighted by Gasteiger charge is -2.12. The van der Waals surface area contributed by atoms with Gasteiger partial charge in [-0.1, -0.05) is 70.7 Å². The third-order valence-electron chi connectivity index (χ3n) is 5.28. The Hall–Kier alpha value is -3.98. The van der Waals surface area contributed by atoms with Crippen molar-refractivity contribution >= 4 is 92.5 Å². The number of nitrogens with zero attached hydrogens (tertiary/aromatic N) is 4. The molecular formula is C26H13Cl4N5O2. The summed E-state index contributed by atoms with van der Waals surface area (Å²) in [5.74, 6) is -1.31. The minimum atomic E-state index is -0.653. The van der Waals surface area contributed by atoms with Crippen LogP contribution in [0, 0.1) is 22.9 Å². The number of aromatic amines is 1. The van der Waals surface area contributed by atoms with E-state index in [1.54, 1.807) is 24.3 Å². The molecule has 11 heteroatoms. The van der Waals surface area contributed by atoms with E-state index in [1.807, 2.05) is 12.4 Å². The Labute approximate surface area is 230 Å². The van der Waals surface area contributed by atoms with E-state index < -0.39 is 11.8 Å². The summed E-state index contributed by atoms with van der Waals surface area (Å²) in [4.78, 5) is 30.8. The second-order valence-electron chi connectivity index (χ2n) is 7.53. The number of aromatic nitrogens is 1. The van der Waals surface area contributed by atoms with Crippen LogP contribution in [-0.2, 0) is 9.59 Å². The second-order valence-corrected chi connectivity index (χ2v) is 9.16. The molecule has 0 aliphatic carbocycles. The number of carbonyl (C=O) groups is 2. The molecule has 2 amide bonds. The summed E-state index contributed by atoms with van der Waals surface area (Å²) in [6.45, 7) is 0. The molecule has 4 aromatic rings. The van der Waals surface area contributed by atoms with Crippen LogP contribution in [0.1, 0.15) is 0 Å². The Bertz CT molecular complexity index is 1640. The molecular weight excluding hydrogens is 556 g/mol. The van der Waals surface area contributed by atoms with E-state index in [9.17, 15) is 20.1 Å². The van der Waals surface area contributed by atoms with Crippen molar-refractivity contribution in [1.82, 2.24) is 4.98 Å². The molecule has 0 unspecified atom stereocenters. The summed E-state index contributed by atoms with van der Waals surface area (Å²) in [5.41, 5.74) is 0.476. The van der Waals surface area contributed by atoms with Gasteiger partial charge in [-0.15, -0.1) is 0 Å². The Morgan fingerprint density at radius 2 is 1.08 bits per heavy atom. The predicted molar refractivity (Wildman–Crippen MR) is 146 cm³/mol. The first-order valence-electron chi connectivity index (χ1n) is 10.4. The molecule has 37 heavy (non-hydrogen) atoms. The zero-order valence-electron chi connectivity index (χ0n) is 18.5. The maximum Gasteiger partial charge on any atom is 0.266 e. The number of anilines is 2. The topological polar surface area (TPSA) is 104 Å². The molecule has 0 spiro atoms. The standard InChI is InChI=1S/C26H13Cl4N5O2/c27-19-7-5-15(9-21(19)29)34(13-31)25(36)11-23-17-3-1-2-4-18(17)24(33-23)12-26(37)35(14-32)16-6-8-20(28)22(30)10-16/h1-12,33H. The molecule has 7 nitrogen and oxygen atoms in total. The zero-order chi connectivity index (χ0) is 26.7. The van der Waals surface area contributed by atoms with Gasteiger partial charge in [-0.05, 0) is 36.4 Å². The van der Waals surface area contributed by atoms with Crippen LogP contribution in [0.4, 0.5) is 11.4 Å². The molecule has 1 aromatic heterocycles. The van der Waals surface area contributed by atoms with Gasteiger partial charge in [0.2, 0.25) is 0 Å². The minimum Gasteiger partial charge on any atom is -0.354 e. The van der Waals surface area contributed by atoms with Gasteiger partial charge in [-0.2, -0.15) is 10.5 Å². The third kappa shape index (κ3) is 5.41. The Morgan fingerprint density at radius 3 is 1.43 bits per heavy atom. The number of hydrogen-bond acceptors (Lipinski definition) is 4. The molecule has 0 atom stereocenters. The van der Waals surface area contributed by atoms with Gasteiger partial charge in [-0.3, -0.25) is 9.59 Å². The highest BCUT2D eigenvalue weighted by atomic mass is 35.5. The first-order chi connectivity index (χ1) is 17.7. The molecule has 0 aliphatic heterocycles. The minimum absolute atomic E-state index is 0.192. The van der Waals surface area contributed by atoms with E-state index in [1.165, 1.54) is 48.6 Å². The van der Waals surface area contributed by atoms with Crippen LogP contribution in [0.25, 0.3) is 22.9 Å². The molecule has 0 aliphatic rings. The van der Waals surface area contributed by atoms with Gasteiger partial charge in [0.25, 0.3) is 11.8 Å². The molecule has 1 heterocycles. The molecule has 1 N–H and O–H groups in total. The van der Waals surface area contributed by atoms with Gasteiger partial charge in [0.1, 0.15) is 0 Å². The van der Waals surface area contributed by atoms with Crippen LogP contribution < -0.4 is 20.5 Å². The number of carbonyl (C=O) groups excluding carboxylic acids is 2. The van der Waals surface area contributed by atoms with Crippen molar-refractivity contribution in [3.8, 4) is 12.4 Å². The molecule has 0 saturated heterocycles. The highest BCUT2D eigenvalue weighted by Crippen LogP contribution is 2.28. The lowest BCUT2D eigenvalue weighted by atomic mass is 10.2. The number of H-pyrrole nitrogens is 1. The molecule has 0 saturated carbocycles. The summed E-state index contributed by atoms with van der Waals surface area (Å²) in [6.07, 6.45) is 6.13. The van der Waals surface area contributed by atoms with E-state index >= 15 is 0 Å². The number of hydrogen-bond donors (Lipinski definition) is 1. The van der Waals surface area contributed by atoms with Gasteiger partial charge < -0.3 is 4.98 Å². The molecule has 0 bridgehead atoms. The van der Waals surface area contributed by atoms with Gasteiger partial charge in [0.05, 0.1) is 42.2 Å². The second kappa shape index (κ2) is 11.0. The summed E-state index contributed by atoms with van der Waals surface area (Å²) in [6, 6.07) is 15.8. The number of halogens is 4. The normalized spacial score (nSPS) is 11.7. The van der Waals surface area contributed by atoms with Gasteiger partial charge >= 0.3 is 0 Å². The molecule has 182 valence electrons. The van der Waals surface area contributed by atoms with E-state index in [-0.39, 0.29) is 31.5 Å². The first-order valence-corrected chi connectivity index (χ1v) is 11.9. The number of nitriles is 2. The molecule has 0 radical (unpaired) electrons. The summed E-state index contributed by atoms with van der Waals surface area (Å²) < 4.78 is 0. The maximum atomic E-state index is 13.0. The van der Waals surface area contributed by atoms with Gasteiger partial charge in [-0.25, -0.2) is 9.80 Å². The van der Waals surface area contributed by atoms with Gasteiger partial charge in [0, 0.05) is 22.9 Å². The van der Waals surface area contributed by atoms with Crippen molar-refractivity contribution in [3.63, 3.8) is 0 Å². The van der Waals surface area contributed by atoms with Crippen LogP contribution in [0.2, 0.25) is 20.1 Å². The fourth-order valence-electron chi connectivity index (χ4n) is 3.55. The van der Waals surface area contributed by atoms with Crippen molar-refractivity contribution in [1.29, 1.82) is 10.5 Å². The van der Waals surface area contributed by atoms with E-state index in [0.29, 0.717) is 21.5 Å². The summed E-state index contributed by atoms with van der Waals surface area (Å²) in [7, 11) is 0. The largest absolute Gasteiger partial charge is 0.354 e. The lowest BCUT2D eigenvalue weighted by molar-refractivity contribution is -0.113. The number of nitrogens with one attached hydrogen (secondary N) is 1. The summed E-state index contributed by atoms with van der Waals surface area (Å²) >= 11 is 23.9. The highest BCUT2D eigenvalue weighted by Gasteiger charge is 2.17. The van der Waals surface area contributed by atoms with Crippen molar-refractivity contribution in [2.75, 3.05) is 9.80 Å². The first kappa shape index (κ1) is 26.1. The van der Waals surface area contributed by atoms with Crippen molar-refractivity contribution in [2.45, 2.75) is 0 Å². The van der Waals surface area contributed by atoms with Crippen molar-refractivity contribution in [2.24, 2.45) is 0 Å². The monoisotopic (exact) mass is 567 g/mol. The van der Waals surface area contributed by atoms with Crippen LogP contribution in [-0.4, -0.2) is 16.8 Å². The number of rotatable bonds is 4. The van der Waals surface area contributed by atoms with Crippen molar-refractivity contribution in [3.05, 3.63) is 91.5 Å². The predicted octanol–water partition coefficient (Wildman–Crippen LogP) is 5.37. The van der Waals surface area contributed by atoms with Crippen LogP contribution in [0.5, 0.6) is 0 Å². The van der Waals surface area contributed by atoms with Crippen LogP contribution in [0.3, 0.4) is 0 Å². The fourth-order valence-corrected chi connectivity index (χ4v) is 4.14. The average Bonchev–Trinajstić information content (AvgIpc) is 3.21. The third-order valence-corrected chi connectivity index (χ3v) is 6.75. The Morgan fingerprint density at radius 1 is 0.676 bits per heavy atom. The fraction of sp³-hybridized carbons (Fsp3) is 0. The van der Waals surface area contributed by atoms with Crippen LogP contribution >= 0.6 is 46.4 Å². The SMILES string of the molecule is N#CN(C(=O)C=c1[nH]c(=CC(=O)N(C#N)c2ccc(Cl)c(Cl)c2)c2ccccc12)c1ccc(Cl)c(Cl)c1. The van der Waals surface area contributed by atoms with E-state index in [4.69, 9.17) is 46.4 Å². The Kier molecular flexibility index (Phi) is 7.73. The number of benzene rings is 3. The lowest BCUT2D eigenvalue weighted by Crippen LogP contribution is -2.27. The Balaban J connectivity index is 1.78. The smallest absolute Gasteiger partial charge is 0.266 e. The van der Waals surface area contributed by atoms with E-state index in [0.717, 1.165) is 9.80 Å². The van der Waals surface area contributed by atoms with Crippen LogP contribution in [0.15, 0.2) is 60.7 Å². The maximum absolute atomic E-state index is 13.0.